The number of nitro groups is 1. The minimum Gasteiger partial charge on any atom is -0.380 e. The summed E-state index contributed by atoms with van der Waals surface area (Å²) < 4.78 is 0. The summed E-state index contributed by atoms with van der Waals surface area (Å²) in [6.45, 7) is 0.701. The van der Waals surface area contributed by atoms with E-state index < -0.39 is 0 Å². The third kappa shape index (κ3) is 2.33. The fourth-order valence-corrected chi connectivity index (χ4v) is 2.73. The zero-order valence-electron chi connectivity index (χ0n) is 10.4. The van der Waals surface area contributed by atoms with Crippen LogP contribution in [0.25, 0.3) is 10.8 Å². The number of thiophene rings is 1. The molecule has 1 N–H and O–H groups in total. The van der Waals surface area contributed by atoms with Gasteiger partial charge >= 0.3 is 0 Å². The second kappa shape index (κ2) is 5.26. The molecule has 3 aromatic rings. The maximum atomic E-state index is 11.0. The van der Waals surface area contributed by atoms with Crippen LogP contribution in [0.3, 0.4) is 0 Å². The van der Waals surface area contributed by atoms with Gasteiger partial charge in [-0.3, -0.25) is 15.1 Å². The minimum absolute atomic E-state index is 0.0785. The number of nitrogens with one attached hydrogen (secondary N) is 1. The van der Waals surface area contributed by atoms with E-state index >= 15 is 0 Å². The number of anilines is 1. The van der Waals surface area contributed by atoms with Crippen molar-refractivity contribution in [3.63, 3.8) is 0 Å². The highest BCUT2D eigenvalue weighted by atomic mass is 32.1. The first-order valence-electron chi connectivity index (χ1n) is 6.03. The lowest BCUT2D eigenvalue weighted by molar-refractivity contribution is -0.383. The zero-order chi connectivity index (χ0) is 13.9. The largest absolute Gasteiger partial charge is 0.380 e. The SMILES string of the molecule is O=[N+]([O-])c1ccc(NCc2cccs2)c2ccncc12. The molecule has 0 saturated heterocycles. The third-order valence-electron chi connectivity index (χ3n) is 3.02. The average Bonchev–Trinajstić information content (AvgIpc) is 2.97. The fourth-order valence-electron chi connectivity index (χ4n) is 2.08. The van der Waals surface area contributed by atoms with Crippen molar-refractivity contribution >= 4 is 33.5 Å². The summed E-state index contributed by atoms with van der Waals surface area (Å²) in [5.74, 6) is 0. The van der Waals surface area contributed by atoms with E-state index in [4.69, 9.17) is 0 Å². The molecule has 5 nitrogen and oxygen atoms in total. The Labute approximate surface area is 119 Å². The van der Waals surface area contributed by atoms with Crippen LogP contribution < -0.4 is 5.32 Å². The van der Waals surface area contributed by atoms with Crippen LogP contribution in [0.5, 0.6) is 0 Å². The standard InChI is InChI=1S/C14H11N3O2S/c18-17(19)14-4-3-13(11-5-6-15-9-12(11)14)16-8-10-2-1-7-20-10/h1-7,9,16H,8H2. The van der Waals surface area contributed by atoms with Crippen molar-refractivity contribution in [1.29, 1.82) is 0 Å². The van der Waals surface area contributed by atoms with Crippen LogP contribution in [-0.2, 0) is 6.54 Å². The molecule has 2 aromatic heterocycles. The average molecular weight is 285 g/mol. The number of aromatic nitrogens is 1. The lowest BCUT2D eigenvalue weighted by Crippen LogP contribution is -1.99. The van der Waals surface area contributed by atoms with Gasteiger partial charge in [0.05, 0.1) is 10.3 Å². The van der Waals surface area contributed by atoms with Crippen LogP contribution in [0.2, 0.25) is 0 Å². The molecule has 0 atom stereocenters. The van der Waals surface area contributed by atoms with Crippen LogP contribution in [-0.4, -0.2) is 9.91 Å². The molecule has 0 bridgehead atoms. The number of non-ortho nitro benzene ring substituents is 1. The van der Waals surface area contributed by atoms with Crippen LogP contribution in [0.15, 0.2) is 48.1 Å². The van der Waals surface area contributed by atoms with Crippen molar-refractivity contribution in [2.75, 3.05) is 5.32 Å². The minimum atomic E-state index is -0.382. The van der Waals surface area contributed by atoms with E-state index in [1.54, 1.807) is 29.7 Å². The molecule has 0 radical (unpaired) electrons. The number of benzene rings is 1. The molecule has 2 heterocycles. The van der Waals surface area contributed by atoms with Crippen molar-refractivity contribution in [1.82, 2.24) is 4.98 Å². The summed E-state index contributed by atoms with van der Waals surface area (Å²) in [4.78, 5) is 15.8. The molecule has 3 rings (SSSR count). The van der Waals surface area contributed by atoms with Crippen LogP contribution in [0.1, 0.15) is 4.88 Å². The summed E-state index contributed by atoms with van der Waals surface area (Å²) >= 11 is 1.67. The van der Waals surface area contributed by atoms with Gasteiger partial charge in [0.15, 0.2) is 0 Å². The second-order valence-electron chi connectivity index (χ2n) is 4.24. The van der Waals surface area contributed by atoms with Crippen molar-refractivity contribution < 1.29 is 4.92 Å². The normalized spacial score (nSPS) is 10.6. The Kier molecular flexibility index (Phi) is 3.30. The molecule has 0 aliphatic heterocycles. The fraction of sp³-hybridized carbons (Fsp3) is 0.0714. The highest BCUT2D eigenvalue weighted by molar-refractivity contribution is 7.09. The van der Waals surface area contributed by atoms with Gasteiger partial charge in [-0.25, -0.2) is 0 Å². The first-order valence-corrected chi connectivity index (χ1v) is 6.91. The Bertz CT molecular complexity index is 756. The van der Waals surface area contributed by atoms with E-state index in [9.17, 15) is 10.1 Å². The molecule has 0 unspecified atom stereocenters. The lowest BCUT2D eigenvalue weighted by atomic mass is 10.1. The highest BCUT2D eigenvalue weighted by Crippen LogP contribution is 2.31. The predicted octanol–water partition coefficient (Wildman–Crippen LogP) is 3.82. The van der Waals surface area contributed by atoms with E-state index in [2.05, 4.69) is 10.3 Å². The Morgan fingerprint density at radius 3 is 2.90 bits per heavy atom. The summed E-state index contributed by atoms with van der Waals surface area (Å²) in [7, 11) is 0. The maximum Gasteiger partial charge on any atom is 0.278 e. The molecular weight excluding hydrogens is 274 g/mol. The number of nitro benzene ring substituents is 1. The van der Waals surface area contributed by atoms with Crippen LogP contribution in [0, 0.1) is 10.1 Å². The maximum absolute atomic E-state index is 11.0. The van der Waals surface area contributed by atoms with Gasteiger partial charge in [0.2, 0.25) is 0 Å². The van der Waals surface area contributed by atoms with Crippen LogP contribution >= 0.6 is 11.3 Å². The van der Waals surface area contributed by atoms with Crippen molar-refractivity contribution in [3.05, 3.63) is 63.1 Å². The van der Waals surface area contributed by atoms with Crippen molar-refractivity contribution in [2.24, 2.45) is 0 Å². The number of nitrogens with zero attached hydrogens (tertiary/aromatic N) is 2. The highest BCUT2D eigenvalue weighted by Gasteiger charge is 2.14. The van der Waals surface area contributed by atoms with E-state index in [0.717, 1.165) is 11.1 Å². The molecule has 0 spiro atoms. The van der Waals surface area contributed by atoms with E-state index in [1.807, 2.05) is 17.5 Å². The molecular formula is C14H11N3O2S. The van der Waals surface area contributed by atoms with Gasteiger partial charge in [0, 0.05) is 41.0 Å². The predicted molar refractivity (Wildman–Crippen MR) is 80.0 cm³/mol. The van der Waals surface area contributed by atoms with Crippen molar-refractivity contribution in [3.8, 4) is 0 Å². The van der Waals surface area contributed by atoms with E-state index in [-0.39, 0.29) is 10.6 Å². The molecule has 6 heteroatoms. The van der Waals surface area contributed by atoms with Gasteiger partial charge in [-0.05, 0) is 23.6 Å². The molecule has 1 aromatic carbocycles. The molecule has 20 heavy (non-hydrogen) atoms. The Hall–Kier alpha value is -2.47. The summed E-state index contributed by atoms with van der Waals surface area (Å²) in [6, 6.07) is 9.10. The first-order chi connectivity index (χ1) is 9.75. The number of pyridine rings is 1. The number of hydrogen-bond donors (Lipinski definition) is 1. The smallest absolute Gasteiger partial charge is 0.278 e. The summed E-state index contributed by atoms with van der Waals surface area (Å²) in [5.41, 5.74) is 0.955. The quantitative estimate of drug-likeness (QED) is 0.584. The van der Waals surface area contributed by atoms with Gasteiger partial charge in [-0.2, -0.15) is 0 Å². The first kappa shape index (κ1) is 12.6. The Morgan fingerprint density at radius 1 is 1.25 bits per heavy atom. The van der Waals surface area contributed by atoms with Crippen molar-refractivity contribution in [2.45, 2.75) is 6.54 Å². The molecule has 0 aliphatic rings. The molecule has 0 amide bonds. The van der Waals surface area contributed by atoms with E-state index in [0.29, 0.717) is 11.9 Å². The number of hydrogen-bond acceptors (Lipinski definition) is 5. The molecule has 0 saturated carbocycles. The van der Waals surface area contributed by atoms with Crippen LogP contribution in [0.4, 0.5) is 11.4 Å². The number of rotatable bonds is 4. The zero-order valence-corrected chi connectivity index (χ0v) is 11.3. The lowest BCUT2D eigenvalue weighted by Gasteiger charge is -2.09. The number of fused-ring (bicyclic) bond motifs is 1. The monoisotopic (exact) mass is 285 g/mol. The summed E-state index contributed by atoms with van der Waals surface area (Å²) in [5, 5.41) is 17.7. The van der Waals surface area contributed by atoms with Gasteiger partial charge in [-0.1, -0.05) is 6.07 Å². The Morgan fingerprint density at radius 2 is 2.15 bits per heavy atom. The van der Waals surface area contributed by atoms with Gasteiger partial charge in [0.25, 0.3) is 5.69 Å². The van der Waals surface area contributed by atoms with Gasteiger partial charge in [0.1, 0.15) is 0 Å². The third-order valence-corrected chi connectivity index (χ3v) is 3.90. The molecule has 0 fully saturated rings. The molecule has 100 valence electrons. The molecule has 0 aliphatic carbocycles. The topological polar surface area (TPSA) is 68.1 Å². The Balaban J connectivity index is 1.99. The van der Waals surface area contributed by atoms with Gasteiger partial charge < -0.3 is 5.32 Å². The van der Waals surface area contributed by atoms with Gasteiger partial charge in [-0.15, -0.1) is 11.3 Å². The second-order valence-corrected chi connectivity index (χ2v) is 5.28. The summed E-state index contributed by atoms with van der Waals surface area (Å²) in [6.07, 6.45) is 3.17. The van der Waals surface area contributed by atoms with E-state index in [1.165, 1.54) is 17.1 Å².